The number of methoxy groups -OCH3 is 1. The van der Waals surface area contributed by atoms with E-state index in [1.165, 1.54) is 12.1 Å². The average Bonchev–Trinajstić information content (AvgIpc) is 2.92. The van der Waals surface area contributed by atoms with E-state index in [-0.39, 0.29) is 6.04 Å². The van der Waals surface area contributed by atoms with E-state index in [9.17, 15) is 8.78 Å². The quantitative estimate of drug-likeness (QED) is 0.848. The van der Waals surface area contributed by atoms with Crippen LogP contribution in [-0.2, 0) is 10.3 Å². The second kappa shape index (κ2) is 5.89. The molecule has 0 aliphatic heterocycles. The second-order valence-electron chi connectivity index (χ2n) is 5.39. The molecule has 0 bridgehead atoms. The van der Waals surface area contributed by atoms with Crippen molar-refractivity contribution in [1.29, 1.82) is 0 Å². The molecule has 0 N–H and O–H groups in total. The molecule has 0 saturated carbocycles. The third kappa shape index (κ3) is 3.10. The molecule has 0 fully saturated rings. The summed E-state index contributed by atoms with van der Waals surface area (Å²) >= 11 is 0. The summed E-state index contributed by atoms with van der Waals surface area (Å²) in [4.78, 5) is 0. The van der Waals surface area contributed by atoms with Gasteiger partial charge in [-0.05, 0) is 26.3 Å². The third-order valence-corrected chi connectivity index (χ3v) is 3.66. The van der Waals surface area contributed by atoms with E-state index in [1.54, 1.807) is 18.0 Å². The Hall–Kier alpha value is -1.82. The van der Waals surface area contributed by atoms with Crippen molar-refractivity contribution in [3.8, 4) is 0 Å². The van der Waals surface area contributed by atoms with Crippen LogP contribution in [-0.4, -0.2) is 22.1 Å². The maximum Gasteiger partial charge on any atom is 0.131 e. The average molecular weight is 295 g/mol. The van der Waals surface area contributed by atoms with Crippen LogP contribution in [0.5, 0.6) is 0 Å². The molecule has 1 heterocycles. The fourth-order valence-corrected chi connectivity index (χ4v) is 2.13. The van der Waals surface area contributed by atoms with Crippen molar-refractivity contribution in [2.24, 2.45) is 0 Å². The van der Waals surface area contributed by atoms with Gasteiger partial charge in [0.15, 0.2) is 0 Å². The van der Waals surface area contributed by atoms with Gasteiger partial charge < -0.3 is 4.74 Å². The Labute approximate surface area is 122 Å². The predicted molar refractivity (Wildman–Crippen MR) is 74.8 cm³/mol. The number of aromatic nitrogens is 3. The fourth-order valence-electron chi connectivity index (χ4n) is 2.13. The molecule has 0 aliphatic carbocycles. The Morgan fingerprint density at radius 1 is 1.33 bits per heavy atom. The third-order valence-electron chi connectivity index (χ3n) is 3.66. The summed E-state index contributed by atoms with van der Waals surface area (Å²) in [5.74, 6) is -1.17. The van der Waals surface area contributed by atoms with Crippen LogP contribution in [0.3, 0.4) is 0 Å². The monoisotopic (exact) mass is 295 g/mol. The number of benzene rings is 1. The van der Waals surface area contributed by atoms with Crippen molar-refractivity contribution in [3.05, 3.63) is 47.3 Å². The summed E-state index contributed by atoms with van der Waals surface area (Å²) in [6, 6.07) is 3.24. The molecular weight excluding hydrogens is 276 g/mol. The standard InChI is InChI=1S/C15H19F2N3O/c1-5-13(11-7-6-10(16)8-12(11)17)20-9-14(18-19-20)15(2,3)21-4/h6-9,13H,5H2,1-4H3. The molecule has 0 aliphatic rings. The maximum absolute atomic E-state index is 14.0. The van der Waals surface area contributed by atoms with E-state index < -0.39 is 17.2 Å². The van der Waals surface area contributed by atoms with Crippen molar-refractivity contribution < 1.29 is 13.5 Å². The van der Waals surface area contributed by atoms with Gasteiger partial charge in [-0.15, -0.1) is 5.10 Å². The highest BCUT2D eigenvalue weighted by atomic mass is 19.1. The summed E-state index contributed by atoms with van der Waals surface area (Å²) in [6.07, 6.45) is 2.35. The summed E-state index contributed by atoms with van der Waals surface area (Å²) in [5.41, 5.74) is 0.481. The summed E-state index contributed by atoms with van der Waals surface area (Å²) in [5, 5.41) is 8.16. The largest absolute Gasteiger partial charge is 0.372 e. The van der Waals surface area contributed by atoms with Crippen LogP contribution in [0.4, 0.5) is 8.78 Å². The van der Waals surface area contributed by atoms with E-state index in [2.05, 4.69) is 10.3 Å². The van der Waals surface area contributed by atoms with Crippen LogP contribution in [0.2, 0.25) is 0 Å². The van der Waals surface area contributed by atoms with E-state index in [0.29, 0.717) is 17.7 Å². The topological polar surface area (TPSA) is 39.9 Å². The first kappa shape index (κ1) is 15.6. The van der Waals surface area contributed by atoms with Crippen molar-refractivity contribution in [2.75, 3.05) is 7.11 Å². The first-order valence-electron chi connectivity index (χ1n) is 6.81. The summed E-state index contributed by atoms with van der Waals surface area (Å²) in [7, 11) is 1.59. The Morgan fingerprint density at radius 2 is 2.05 bits per heavy atom. The number of hydrogen-bond acceptors (Lipinski definition) is 3. The van der Waals surface area contributed by atoms with Crippen LogP contribution < -0.4 is 0 Å². The molecule has 2 rings (SSSR count). The summed E-state index contributed by atoms with van der Waals surface area (Å²) < 4.78 is 33.9. The van der Waals surface area contributed by atoms with Gasteiger partial charge >= 0.3 is 0 Å². The highest BCUT2D eigenvalue weighted by Gasteiger charge is 2.25. The van der Waals surface area contributed by atoms with E-state index >= 15 is 0 Å². The van der Waals surface area contributed by atoms with Gasteiger partial charge in [-0.2, -0.15) is 0 Å². The minimum absolute atomic E-state index is 0.334. The second-order valence-corrected chi connectivity index (χ2v) is 5.39. The van der Waals surface area contributed by atoms with Gasteiger partial charge in [0.2, 0.25) is 0 Å². The first-order chi connectivity index (χ1) is 9.89. The lowest BCUT2D eigenvalue weighted by molar-refractivity contribution is 0.0154. The van der Waals surface area contributed by atoms with E-state index in [0.717, 1.165) is 6.07 Å². The molecule has 6 heteroatoms. The minimum atomic E-state index is -0.592. The fraction of sp³-hybridized carbons (Fsp3) is 0.467. The Morgan fingerprint density at radius 3 is 2.62 bits per heavy atom. The smallest absolute Gasteiger partial charge is 0.131 e. The van der Waals surface area contributed by atoms with Crippen molar-refractivity contribution in [1.82, 2.24) is 15.0 Å². The number of hydrogen-bond donors (Lipinski definition) is 0. The molecule has 114 valence electrons. The number of ether oxygens (including phenoxy) is 1. The first-order valence-corrected chi connectivity index (χ1v) is 6.81. The molecule has 0 amide bonds. The maximum atomic E-state index is 14.0. The van der Waals surface area contributed by atoms with Crippen LogP contribution >= 0.6 is 0 Å². The molecule has 2 aromatic rings. The SMILES string of the molecule is CCC(c1ccc(F)cc1F)n1cc(C(C)(C)OC)nn1. The van der Waals surface area contributed by atoms with Crippen LogP contribution in [0.15, 0.2) is 24.4 Å². The predicted octanol–water partition coefficient (Wildman–Crippen LogP) is 3.44. The van der Waals surface area contributed by atoms with Gasteiger partial charge in [-0.1, -0.05) is 18.2 Å². The Kier molecular flexibility index (Phi) is 4.37. The lowest BCUT2D eigenvalue weighted by Crippen LogP contribution is -2.20. The molecule has 0 spiro atoms. The lowest BCUT2D eigenvalue weighted by atomic mass is 10.0. The molecule has 4 nitrogen and oxygen atoms in total. The zero-order valence-electron chi connectivity index (χ0n) is 12.6. The normalized spacial score (nSPS) is 13.4. The molecule has 21 heavy (non-hydrogen) atoms. The van der Waals surface area contributed by atoms with E-state index in [4.69, 9.17) is 4.74 Å². The number of halogens is 2. The molecule has 0 radical (unpaired) electrons. The molecule has 1 unspecified atom stereocenters. The zero-order valence-corrected chi connectivity index (χ0v) is 12.6. The van der Waals surface area contributed by atoms with Crippen LogP contribution in [0.1, 0.15) is 44.5 Å². The van der Waals surface area contributed by atoms with Crippen LogP contribution in [0, 0.1) is 11.6 Å². The molecule has 1 atom stereocenters. The minimum Gasteiger partial charge on any atom is -0.372 e. The van der Waals surface area contributed by atoms with Gasteiger partial charge in [-0.25, -0.2) is 13.5 Å². The lowest BCUT2D eigenvalue weighted by Gasteiger charge is -2.20. The number of rotatable bonds is 5. The van der Waals surface area contributed by atoms with E-state index in [1.807, 2.05) is 20.8 Å². The van der Waals surface area contributed by atoms with Gasteiger partial charge in [-0.3, -0.25) is 0 Å². The van der Waals surface area contributed by atoms with Gasteiger partial charge in [0.25, 0.3) is 0 Å². The Bertz CT molecular complexity index is 625. The van der Waals surface area contributed by atoms with Crippen LogP contribution in [0.25, 0.3) is 0 Å². The van der Waals surface area contributed by atoms with Crippen molar-refractivity contribution >= 4 is 0 Å². The highest BCUT2D eigenvalue weighted by molar-refractivity contribution is 5.23. The van der Waals surface area contributed by atoms with Crippen molar-refractivity contribution in [2.45, 2.75) is 38.8 Å². The highest BCUT2D eigenvalue weighted by Crippen LogP contribution is 2.27. The Balaban J connectivity index is 2.38. The zero-order chi connectivity index (χ0) is 15.6. The van der Waals surface area contributed by atoms with Gasteiger partial charge in [0, 0.05) is 18.7 Å². The van der Waals surface area contributed by atoms with Crippen molar-refractivity contribution in [3.63, 3.8) is 0 Å². The van der Waals surface area contributed by atoms with Gasteiger partial charge in [0.1, 0.15) is 22.9 Å². The molecular formula is C15H19F2N3O. The molecule has 0 saturated heterocycles. The van der Waals surface area contributed by atoms with Gasteiger partial charge in [0.05, 0.1) is 12.2 Å². The number of nitrogens with zero attached hydrogens (tertiary/aromatic N) is 3. The molecule has 1 aromatic carbocycles. The molecule has 1 aromatic heterocycles. The summed E-state index contributed by atoms with van der Waals surface area (Å²) in [6.45, 7) is 5.66.